The molecular formula is C14H18O4. The Morgan fingerprint density at radius 3 is 2.00 bits per heavy atom. The number of carbonyl (C=O) groups excluding carboxylic acids is 2. The van der Waals surface area contributed by atoms with E-state index in [4.69, 9.17) is 9.47 Å². The molecule has 0 aliphatic rings. The van der Waals surface area contributed by atoms with Crippen molar-refractivity contribution >= 4 is 11.9 Å². The summed E-state index contributed by atoms with van der Waals surface area (Å²) < 4.78 is 10.3. The predicted octanol–water partition coefficient (Wildman–Crippen LogP) is 2.95. The lowest BCUT2D eigenvalue weighted by atomic mass is 10.1. The molecule has 98 valence electrons. The molecule has 0 saturated heterocycles. The lowest BCUT2D eigenvalue weighted by molar-refractivity contribution is -0.137. The molecule has 4 nitrogen and oxygen atoms in total. The first-order chi connectivity index (χ1) is 8.52. The average molecular weight is 250 g/mol. The standard InChI is InChI=1S/C14H18O4/c1-4-13(15)17-11-7-5-6-8-12(11)18-14(16)9-10(2)3/h5-8,10H,4,9H2,1-3H3. The topological polar surface area (TPSA) is 52.6 Å². The van der Waals surface area contributed by atoms with E-state index in [0.29, 0.717) is 6.42 Å². The second-order valence-corrected chi connectivity index (χ2v) is 4.35. The highest BCUT2D eigenvalue weighted by Gasteiger charge is 2.13. The fourth-order valence-electron chi connectivity index (χ4n) is 1.31. The maximum Gasteiger partial charge on any atom is 0.311 e. The Bertz CT molecular complexity index is 424. The van der Waals surface area contributed by atoms with E-state index in [-0.39, 0.29) is 35.8 Å². The fourth-order valence-corrected chi connectivity index (χ4v) is 1.31. The van der Waals surface area contributed by atoms with Crippen molar-refractivity contribution in [2.75, 3.05) is 0 Å². The molecule has 1 aromatic rings. The van der Waals surface area contributed by atoms with E-state index >= 15 is 0 Å². The summed E-state index contributed by atoms with van der Waals surface area (Å²) in [6.07, 6.45) is 0.602. The Kier molecular flexibility index (Phi) is 5.36. The number of para-hydroxylation sites is 2. The van der Waals surface area contributed by atoms with E-state index in [2.05, 4.69) is 0 Å². The molecule has 18 heavy (non-hydrogen) atoms. The van der Waals surface area contributed by atoms with Gasteiger partial charge in [0.1, 0.15) is 0 Å². The molecule has 0 aliphatic carbocycles. The van der Waals surface area contributed by atoms with Crippen molar-refractivity contribution in [3.05, 3.63) is 24.3 Å². The van der Waals surface area contributed by atoms with E-state index in [1.54, 1.807) is 31.2 Å². The highest BCUT2D eigenvalue weighted by molar-refractivity contribution is 5.76. The van der Waals surface area contributed by atoms with Gasteiger partial charge in [0.25, 0.3) is 0 Å². The molecule has 0 atom stereocenters. The van der Waals surface area contributed by atoms with Gasteiger partial charge in [0.15, 0.2) is 11.5 Å². The molecule has 0 saturated carbocycles. The number of benzene rings is 1. The summed E-state index contributed by atoms with van der Waals surface area (Å²) in [6.45, 7) is 5.57. The molecule has 4 heteroatoms. The number of hydrogen-bond acceptors (Lipinski definition) is 4. The molecule has 0 aliphatic heterocycles. The van der Waals surface area contributed by atoms with Crippen LogP contribution >= 0.6 is 0 Å². The Balaban J connectivity index is 2.76. The van der Waals surface area contributed by atoms with Crippen molar-refractivity contribution in [3.8, 4) is 11.5 Å². The summed E-state index contributed by atoms with van der Waals surface area (Å²) >= 11 is 0. The Morgan fingerprint density at radius 1 is 1.06 bits per heavy atom. The molecule has 1 rings (SSSR count). The highest BCUT2D eigenvalue weighted by atomic mass is 16.6. The third-order valence-corrected chi connectivity index (χ3v) is 2.16. The summed E-state index contributed by atoms with van der Waals surface area (Å²) in [5.74, 6) is 0.0987. The summed E-state index contributed by atoms with van der Waals surface area (Å²) in [5, 5.41) is 0. The van der Waals surface area contributed by atoms with E-state index < -0.39 is 0 Å². The fraction of sp³-hybridized carbons (Fsp3) is 0.429. The zero-order valence-electron chi connectivity index (χ0n) is 10.9. The average Bonchev–Trinajstić information content (AvgIpc) is 2.30. The maximum atomic E-state index is 11.6. The van der Waals surface area contributed by atoms with Gasteiger partial charge in [-0.3, -0.25) is 9.59 Å². The Morgan fingerprint density at radius 2 is 1.56 bits per heavy atom. The van der Waals surface area contributed by atoms with Crippen molar-refractivity contribution < 1.29 is 19.1 Å². The van der Waals surface area contributed by atoms with Gasteiger partial charge in [-0.15, -0.1) is 0 Å². The molecular weight excluding hydrogens is 232 g/mol. The van der Waals surface area contributed by atoms with Crippen LogP contribution in [0.25, 0.3) is 0 Å². The number of esters is 2. The van der Waals surface area contributed by atoms with Gasteiger partial charge >= 0.3 is 11.9 Å². The minimum Gasteiger partial charge on any atom is -0.423 e. The van der Waals surface area contributed by atoms with E-state index in [0.717, 1.165) is 0 Å². The van der Waals surface area contributed by atoms with Crippen molar-refractivity contribution in [1.29, 1.82) is 0 Å². The van der Waals surface area contributed by atoms with Gasteiger partial charge < -0.3 is 9.47 Å². The lowest BCUT2D eigenvalue weighted by Gasteiger charge is -2.10. The third-order valence-electron chi connectivity index (χ3n) is 2.16. The monoisotopic (exact) mass is 250 g/mol. The molecule has 0 spiro atoms. The van der Waals surface area contributed by atoms with Crippen LogP contribution < -0.4 is 9.47 Å². The molecule has 0 amide bonds. The molecule has 0 radical (unpaired) electrons. The summed E-state index contributed by atoms with van der Waals surface area (Å²) in [5.41, 5.74) is 0. The minimum atomic E-state index is -0.359. The molecule has 0 N–H and O–H groups in total. The van der Waals surface area contributed by atoms with Gasteiger partial charge in [0.2, 0.25) is 0 Å². The van der Waals surface area contributed by atoms with Crippen LogP contribution in [0.2, 0.25) is 0 Å². The first-order valence-electron chi connectivity index (χ1n) is 6.03. The quantitative estimate of drug-likeness (QED) is 0.595. The highest BCUT2D eigenvalue weighted by Crippen LogP contribution is 2.27. The van der Waals surface area contributed by atoms with Gasteiger partial charge in [-0.1, -0.05) is 32.9 Å². The number of carbonyl (C=O) groups is 2. The van der Waals surface area contributed by atoms with Crippen LogP contribution in [0.5, 0.6) is 11.5 Å². The van der Waals surface area contributed by atoms with Gasteiger partial charge in [0.05, 0.1) is 0 Å². The summed E-state index contributed by atoms with van der Waals surface area (Å²) in [7, 11) is 0. The number of ether oxygens (including phenoxy) is 2. The molecule has 1 aromatic carbocycles. The predicted molar refractivity (Wildman–Crippen MR) is 67.5 cm³/mol. The first kappa shape index (κ1) is 14.2. The lowest BCUT2D eigenvalue weighted by Crippen LogP contribution is -2.13. The number of hydrogen-bond donors (Lipinski definition) is 0. The smallest absolute Gasteiger partial charge is 0.311 e. The van der Waals surface area contributed by atoms with Crippen molar-refractivity contribution in [2.24, 2.45) is 5.92 Å². The number of rotatable bonds is 5. The zero-order valence-corrected chi connectivity index (χ0v) is 10.9. The minimum absolute atomic E-state index is 0.225. The third kappa shape index (κ3) is 4.57. The maximum absolute atomic E-state index is 11.6. The first-order valence-corrected chi connectivity index (χ1v) is 6.03. The molecule has 0 fully saturated rings. The van der Waals surface area contributed by atoms with Crippen LogP contribution in [0.15, 0.2) is 24.3 Å². The van der Waals surface area contributed by atoms with Crippen LogP contribution in [0.3, 0.4) is 0 Å². The summed E-state index contributed by atoms with van der Waals surface area (Å²) in [4.78, 5) is 22.8. The van der Waals surface area contributed by atoms with Crippen LogP contribution in [-0.2, 0) is 9.59 Å². The van der Waals surface area contributed by atoms with Gasteiger partial charge in [0, 0.05) is 12.8 Å². The Labute approximate surface area is 107 Å². The zero-order chi connectivity index (χ0) is 13.5. The van der Waals surface area contributed by atoms with Gasteiger partial charge in [-0.2, -0.15) is 0 Å². The SMILES string of the molecule is CCC(=O)Oc1ccccc1OC(=O)CC(C)C. The van der Waals surface area contributed by atoms with Crippen LogP contribution in [0.1, 0.15) is 33.6 Å². The van der Waals surface area contributed by atoms with Crippen molar-refractivity contribution in [3.63, 3.8) is 0 Å². The van der Waals surface area contributed by atoms with E-state index in [1.807, 2.05) is 13.8 Å². The second-order valence-electron chi connectivity index (χ2n) is 4.35. The van der Waals surface area contributed by atoms with Gasteiger partial charge in [-0.05, 0) is 18.1 Å². The van der Waals surface area contributed by atoms with E-state index in [1.165, 1.54) is 0 Å². The summed E-state index contributed by atoms with van der Waals surface area (Å²) in [6, 6.07) is 6.65. The molecule has 0 unspecified atom stereocenters. The largest absolute Gasteiger partial charge is 0.423 e. The van der Waals surface area contributed by atoms with Crippen LogP contribution in [0, 0.1) is 5.92 Å². The molecule has 0 aromatic heterocycles. The normalized spacial score (nSPS) is 10.2. The molecule has 0 heterocycles. The van der Waals surface area contributed by atoms with Crippen LogP contribution in [-0.4, -0.2) is 11.9 Å². The van der Waals surface area contributed by atoms with Crippen molar-refractivity contribution in [1.82, 2.24) is 0 Å². The molecule has 0 bridgehead atoms. The van der Waals surface area contributed by atoms with Crippen LogP contribution in [0.4, 0.5) is 0 Å². The van der Waals surface area contributed by atoms with Crippen molar-refractivity contribution in [2.45, 2.75) is 33.6 Å². The van der Waals surface area contributed by atoms with Gasteiger partial charge in [-0.25, -0.2) is 0 Å². The van der Waals surface area contributed by atoms with E-state index in [9.17, 15) is 9.59 Å². The Hall–Kier alpha value is -1.84. The second kappa shape index (κ2) is 6.79.